The van der Waals surface area contributed by atoms with Gasteiger partial charge in [0.2, 0.25) is 5.91 Å². The first-order valence-electron chi connectivity index (χ1n) is 8.95. The largest absolute Gasteiger partial charge is 0.497 e. The van der Waals surface area contributed by atoms with Gasteiger partial charge < -0.3 is 20.1 Å². The number of anilines is 1. The van der Waals surface area contributed by atoms with Gasteiger partial charge in [-0.05, 0) is 48.9 Å². The van der Waals surface area contributed by atoms with E-state index in [2.05, 4.69) is 10.6 Å². The molecule has 0 unspecified atom stereocenters. The predicted molar refractivity (Wildman–Crippen MR) is 104 cm³/mol. The SMILES string of the molecule is COc1cccc(C(=O)NCC(=O)OCC(=O)c2ccc3c(c2)[C@@H](C)C(=O)N3)c1. The summed E-state index contributed by atoms with van der Waals surface area (Å²) in [7, 11) is 1.49. The molecule has 3 rings (SSSR count). The first-order valence-corrected chi connectivity index (χ1v) is 8.95. The molecule has 150 valence electrons. The highest BCUT2D eigenvalue weighted by Gasteiger charge is 2.27. The summed E-state index contributed by atoms with van der Waals surface area (Å²) in [5, 5.41) is 5.16. The lowest BCUT2D eigenvalue weighted by Crippen LogP contribution is -2.31. The Morgan fingerprint density at radius 1 is 1.10 bits per heavy atom. The minimum absolute atomic E-state index is 0.122. The molecule has 1 aliphatic rings. The Morgan fingerprint density at radius 3 is 2.66 bits per heavy atom. The van der Waals surface area contributed by atoms with E-state index in [0.717, 1.165) is 5.56 Å². The van der Waals surface area contributed by atoms with Crippen molar-refractivity contribution in [2.75, 3.05) is 25.6 Å². The number of fused-ring (bicyclic) bond motifs is 1. The van der Waals surface area contributed by atoms with Gasteiger partial charge in [-0.3, -0.25) is 19.2 Å². The maximum Gasteiger partial charge on any atom is 0.325 e. The lowest BCUT2D eigenvalue weighted by molar-refractivity contribution is -0.141. The Balaban J connectivity index is 1.50. The molecule has 29 heavy (non-hydrogen) atoms. The van der Waals surface area contributed by atoms with Crippen LogP contribution >= 0.6 is 0 Å². The van der Waals surface area contributed by atoms with Gasteiger partial charge in [-0.15, -0.1) is 0 Å². The molecule has 8 heteroatoms. The van der Waals surface area contributed by atoms with E-state index >= 15 is 0 Å². The van der Waals surface area contributed by atoms with E-state index in [1.807, 2.05) is 0 Å². The van der Waals surface area contributed by atoms with Gasteiger partial charge in [-0.25, -0.2) is 0 Å². The maximum atomic E-state index is 12.3. The average Bonchev–Trinajstić information content (AvgIpc) is 3.03. The number of benzene rings is 2. The van der Waals surface area contributed by atoms with Crippen LogP contribution in [0.2, 0.25) is 0 Å². The third kappa shape index (κ3) is 4.60. The Hall–Kier alpha value is -3.68. The van der Waals surface area contributed by atoms with Gasteiger partial charge in [0.25, 0.3) is 5.91 Å². The molecule has 2 aromatic rings. The van der Waals surface area contributed by atoms with Gasteiger partial charge in [-0.1, -0.05) is 6.07 Å². The maximum absolute atomic E-state index is 12.3. The van der Waals surface area contributed by atoms with Crippen molar-refractivity contribution >= 4 is 29.3 Å². The lowest BCUT2D eigenvalue weighted by atomic mass is 9.99. The summed E-state index contributed by atoms with van der Waals surface area (Å²) in [6, 6.07) is 11.3. The van der Waals surface area contributed by atoms with Crippen molar-refractivity contribution in [1.82, 2.24) is 5.32 Å². The quantitative estimate of drug-likeness (QED) is 0.546. The molecule has 1 aliphatic heterocycles. The third-order valence-electron chi connectivity index (χ3n) is 4.58. The molecular formula is C21H20N2O6. The molecule has 0 spiro atoms. The zero-order chi connectivity index (χ0) is 21.0. The molecule has 0 bridgehead atoms. The molecule has 0 radical (unpaired) electrons. The number of ketones is 1. The number of Topliss-reactive ketones (excluding diaryl/α,β-unsaturated/α-hetero) is 1. The van der Waals surface area contributed by atoms with Gasteiger partial charge in [0.15, 0.2) is 12.4 Å². The molecule has 0 aliphatic carbocycles. The van der Waals surface area contributed by atoms with Crippen molar-refractivity contribution in [1.29, 1.82) is 0 Å². The van der Waals surface area contributed by atoms with Crippen LogP contribution in [0.4, 0.5) is 5.69 Å². The van der Waals surface area contributed by atoms with Crippen LogP contribution in [0.1, 0.15) is 39.1 Å². The number of amides is 2. The first kappa shape index (κ1) is 20.1. The number of ether oxygens (including phenoxy) is 2. The van der Waals surface area contributed by atoms with Gasteiger partial charge in [-0.2, -0.15) is 0 Å². The van der Waals surface area contributed by atoms with E-state index < -0.39 is 24.3 Å². The van der Waals surface area contributed by atoms with Gasteiger partial charge in [0, 0.05) is 16.8 Å². The number of carbonyl (C=O) groups is 4. The minimum Gasteiger partial charge on any atom is -0.497 e. The van der Waals surface area contributed by atoms with Crippen LogP contribution in [-0.4, -0.2) is 43.8 Å². The number of hydrogen-bond donors (Lipinski definition) is 2. The summed E-state index contributed by atoms with van der Waals surface area (Å²) in [4.78, 5) is 47.9. The molecule has 0 saturated carbocycles. The Labute approximate surface area is 167 Å². The fourth-order valence-corrected chi connectivity index (χ4v) is 2.89. The number of methoxy groups -OCH3 is 1. The third-order valence-corrected chi connectivity index (χ3v) is 4.58. The smallest absolute Gasteiger partial charge is 0.325 e. The average molecular weight is 396 g/mol. The van der Waals surface area contributed by atoms with Gasteiger partial charge >= 0.3 is 5.97 Å². The predicted octanol–water partition coefficient (Wildman–Crippen LogP) is 1.91. The lowest BCUT2D eigenvalue weighted by Gasteiger charge is -2.08. The van der Waals surface area contributed by atoms with Crippen molar-refractivity contribution in [2.24, 2.45) is 0 Å². The molecule has 1 atom stereocenters. The van der Waals surface area contributed by atoms with Crippen LogP contribution in [0.5, 0.6) is 5.75 Å². The summed E-state index contributed by atoms with van der Waals surface area (Å²) in [5.41, 5.74) is 2.10. The molecule has 2 N–H and O–H groups in total. The van der Waals surface area contributed by atoms with E-state index in [9.17, 15) is 19.2 Å². The Morgan fingerprint density at radius 2 is 1.90 bits per heavy atom. The first-order chi connectivity index (χ1) is 13.9. The van der Waals surface area contributed by atoms with Gasteiger partial charge in [0.1, 0.15) is 12.3 Å². The number of rotatable bonds is 7. The summed E-state index contributed by atoms with van der Waals surface area (Å²) in [5.74, 6) is -1.54. The molecule has 1 heterocycles. The van der Waals surface area contributed by atoms with E-state index in [4.69, 9.17) is 9.47 Å². The van der Waals surface area contributed by atoms with Crippen LogP contribution in [-0.2, 0) is 14.3 Å². The second-order valence-corrected chi connectivity index (χ2v) is 6.51. The van der Waals surface area contributed by atoms with Crippen LogP contribution < -0.4 is 15.4 Å². The number of nitrogens with one attached hydrogen (secondary N) is 2. The standard InChI is InChI=1S/C21H20N2O6/c1-12-16-9-13(6-7-17(16)23-20(12)26)18(24)11-29-19(25)10-22-21(27)14-4-3-5-15(8-14)28-2/h3-9,12H,10-11H2,1-2H3,(H,22,27)(H,23,26)/t12-/m1/s1. The highest BCUT2D eigenvalue weighted by Crippen LogP contribution is 2.32. The number of carbonyl (C=O) groups excluding carboxylic acids is 4. The monoisotopic (exact) mass is 396 g/mol. The van der Waals surface area contributed by atoms with E-state index in [0.29, 0.717) is 22.6 Å². The number of hydrogen-bond acceptors (Lipinski definition) is 6. The number of esters is 1. The topological polar surface area (TPSA) is 111 Å². The molecule has 0 saturated heterocycles. The second-order valence-electron chi connectivity index (χ2n) is 6.51. The minimum atomic E-state index is -0.735. The van der Waals surface area contributed by atoms with Crippen molar-refractivity contribution < 1.29 is 28.7 Å². The molecular weight excluding hydrogens is 376 g/mol. The van der Waals surface area contributed by atoms with E-state index in [-0.39, 0.29) is 18.4 Å². The van der Waals surface area contributed by atoms with Crippen molar-refractivity contribution in [3.63, 3.8) is 0 Å². The fraction of sp³-hybridized carbons (Fsp3) is 0.238. The summed E-state index contributed by atoms with van der Waals surface area (Å²) in [6.07, 6.45) is 0. The van der Waals surface area contributed by atoms with Crippen LogP contribution in [0.25, 0.3) is 0 Å². The highest BCUT2D eigenvalue weighted by molar-refractivity contribution is 6.05. The molecule has 0 aromatic heterocycles. The van der Waals surface area contributed by atoms with Crippen LogP contribution in [0.3, 0.4) is 0 Å². The zero-order valence-corrected chi connectivity index (χ0v) is 16.0. The Bertz CT molecular complexity index is 985. The van der Waals surface area contributed by atoms with Crippen molar-refractivity contribution in [3.05, 3.63) is 59.2 Å². The summed E-state index contributed by atoms with van der Waals surface area (Å²) < 4.78 is 9.99. The summed E-state index contributed by atoms with van der Waals surface area (Å²) in [6.45, 7) is 0.922. The summed E-state index contributed by atoms with van der Waals surface area (Å²) >= 11 is 0. The highest BCUT2D eigenvalue weighted by atomic mass is 16.5. The van der Waals surface area contributed by atoms with E-state index in [1.54, 1.807) is 49.4 Å². The van der Waals surface area contributed by atoms with Crippen molar-refractivity contribution in [2.45, 2.75) is 12.8 Å². The molecule has 0 fully saturated rings. The fourth-order valence-electron chi connectivity index (χ4n) is 2.89. The normalized spacial score (nSPS) is 14.6. The van der Waals surface area contributed by atoms with E-state index in [1.165, 1.54) is 7.11 Å². The van der Waals surface area contributed by atoms with Gasteiger partial charge in [0.05, 0.1) is 13.0 Å². The molecule has 2 aromatic carbocycles. The Kier molecular flexibility index (Phi) is 5.92. The zero-order valence-electron chi connectivity index (χ0n) is 16.0. The second kappa shape index (κ2) is 8.55. The van der Waals surface area contributed by atoms with Crippen LogP contribution in [0, 0.1) is 0 Å². The molecule has 2 amide bonds. The molecule has 8 nitrogen and oxygen atoms in total. The van der Waals surface area contributed by atoms with Crippen molar-refractivity contribution in [3.8, 4) is 5.75 Å². The van der Waals surface area contributed by atoms with Crippen LogP contribution in [0.15, 0.2) is 42.5 Å².